The standard InChI is InChI=1S/C18H19FN4O2/c1-10(2)16-20-12(4)11(3)18(22-16)24-9-15-21-17(23-25-15)13-6-5-7-14(19)8-13/h5-8,10H,9H2,1-4H3. The van der Waals surface area contributed by atoms with Gasteiger partial charge in [-0.25, -0.2) is 9.37 Å². The molecule has 0 radical (unpaired) electrons. The van der Waals surface area contributed by atoms with E-state index in [9.17, 15) is 4.39 Å². The van der Waals surface area contributed by atoms with Gasteiger partial charge in [-0.15, -0.1) is 0 Å². The van der Waals surface area contributed by atoms with Crippen LogP contribution in [0.5, 0.6) is 5.88 Å². The summed E-state index contributed by atoms with van der Waals surface area (Å²) in [6.45, 7) is 7.96. The SMILES string of the molecule is Cc1nc(C(C)C)nc(OCc2nc(-c3cccc(F)c3)no2)c1C. The van der Waals surface area contributed by atoms with Crippen LogP contribution in [-0.4, -0.2) is 20.1 Å². The number of ether oxygens (including phenoxy) is 1. The summed E-state index contributed by atoms with van der Waals surface area (Å²) in [6, 6.07) is 6.02. The minimum Gasteiger partial charge on any atom is -0.467 e. The molecule has 3 aromatic rings. The Hall–Kier alpha value is -2.83. The highest BCUT2D eigenvalue weighted by molar-refractivity contribution is 5.53. The van der Waals surface area contributed by atoms with Crippen molar-refractivity contribution >= 4 is 0 Å². The van der Waals surface area contributed by atoms with E-state index in [2.05, 4.69) is 20.1 Å². The Balaban J connectivity index is 1.77. The summed E-state index contributed by atoms with van der Waals surface area (Å²) in [7, 11) is 0. The predicted molar refractivity (Wildman–Crippen MR) is 89.6 cm³/mol. The van der Waals surface area contributed by atoms with Crippen LogP contribution in [0, 0.1) is 19.7 Å². The van der Waals surface area contributed by atoms with Gasteiger partial charge < -0.3 is 9.26 Å². The van der Waals surface area contributed by atoms with Crippen molar-refractivity contribution in [3.63, 3.8) is 0 Å². The maximum Gasteiger partial charge on any atom is 0.264 e. The highest BCUT2D eigenvalue weighted by atomic mass is 19.1. The van der Waals surface area contributed by atoms with Crippen LogP contribution in [0.1, 0.15) is 42.7 Å². The molecule has 0 unspecified atom stereocenters. The van der Waals surface area contributed by atoms with E-state index in [4.69, 9.17) is 9.26 Å². The topological polar surface area (TPSA) is 73.9 Å². The Bertz CT molecular complexity index is 893. The summed E-state index contributed by atoms with van der Waals surface area (Å²) < 4.78 is 24.2. The second-order valence-corrected chi connectivity index (χ2v) is 6.06. The minimum absolute atomic E-state index is 0.0805. The van der Waals surface area contributed by atoms with Crippen LogP contribution < -0.4 is 4.74 Å². The molecule has 0 atom stereocenters. The van der Waals surface area contributed by atoms with Gasteiger partial charge in [0.05, 0.1) is 0 Å². The molecule has 2 aromatic heterocycles. The van der Waals surface area contributed by atoms with Crippen LogP contribution in [0.25, 0.3) is 11.4 Å². The van der Waals surface area contributed by atoms with Crippen molar-refractivity contribution in [3.05, 3.63) is 53.1 Å². The van der Waals surface area contributed by atoms with Crippen LogP contribution in [-0.2, 0) is 6.61 Å². The predicted octanol–water partition coefficient (Wildman–Crippen LogP) is 3.98. The van der Waals surface area contributed by atoms with Crippen LogP contribution in [0.2, 0.25) is 0 Å². The number of hydrogen-bond acceptors (Lipinski definition) is 6. The fourth-order valence-corrected chi connectivity index (χ4v) is 2.21. The van der Waals surface area contributed by atoms with Gasteiger partial charge in [0.1, 0.15) is 11.6 Å². The second-order valence-electron chi connectivity index (χ2n) is 6.06. The number of nitrogens with zero attached hydrogens (tertiary/aromatic N) is 4. The third-order valence-corrected chi connectivity index (χ3v) is 3.76. The zero-order chi connectivity index (χ0) is 18.0. The molecule has 0 amide bonds. The van der Waals surface area contributed by atoms with E-state index in [0.29, 0.717) is 23.2 Å². The molecule has 0 saturated heterocycles. The highest BCUT2D eigenvalue weighted by Crippen LogP contribution is 2.22. The summed E-state index contributed by atoms with van der Waals surface area (Å²) >= 11 is 0. The lowest BCUT2D eigenvalue weighted by atomic mass is 10.2. The average Bonchev–Trinajstić information content (AvgIpc) is 3.05. The molecule has 0 N–H and O–H groups in total. The van der Waals surface area contributed by atoms with Gasteiger partial charge in [-0.3, -0.25) is 0 Å². The largest absolute Gasteiger partial charge is 0.467 e. The molecule has 1 aromatic carbocycles. The van der Waals surface area contributed by atoms with Crippen molar-refractivity contribution in [3.8, 4) is 17.3 Å². The Kier molecular flexibility index (Phi) is 4.74. The molecule has 0 spiro atoms. The summed E-state index contributed by atoms with van der Waals surface area (Å²) in [5.41, 5.74) is 2.29. The van der Waals surface area contributed by atoms with E-state index in [1.807, 2.05) is 27.7 Å². The zero-order valence-electron chi connectivity index (χ0n) is 14.6. The third-order valence-electron chi connectivity index (χ3n) is 3.76. The van der Waals surface area contributed by atoms with E-state index in [1.165, 1.54) is 12.1 Å². The van der Waals surface area contributed by atoms with Crippen molar-refractivity contribution in [2.24, 2.45) is 0 Å². The molecule has 0 saturated carbocycles. The average molecular weight is 342 g/mol. The van der Waals surface area contributed by atoms with E-state index < -0.39 is 0 Å². The summed E-state index contributed by atoms with van der Waals surface area (Å²) in [5.74, 6) is 1.68. The molecule has 0 aliphatic carbocycles. The number of rotatable bonds is 5. The van der Waals surface area contributed by atoms with Crippen LogP contribution >= 0.6 is 0 Å². The fraction of sp³-hybridized carbons (Fsp3) is 0.333. The van der Waals surface area contributed by atoms with Gasteiger partial charge >= 0.3 is 0 Å². The van der Waals surface area contributed by atoms with Gasteiger partial charge in [0.15, 0.2) is 6.61 Å². The Labute approximate surface area is 145 Å². The Morgan fingerprint density at radius 3 is 2.68 bits per heavy atom. The Morgan fingerprint density at radius 2 is 1.96 bits per heavy atom. The van der Waals surface area contributed by atoms with E-state index in [1.54, 1.807) is 12.1 Å². The molecule has 2 heterocycles. The van der Waals surface area contributed by atoms with Gasteiger partial charge in [0, 0.05) is 22.7 Å². The van der Waals surface area contributed by atoms with Crippen molar-refractivity contribution in [2.75, 3.05) is 0 Å². The number of aromatic nitrogens is 4. The van der Waals surface area contributed by atoms with E-state index >= 15 is 0 Å². The summed E-state index contributed by atoms with van der Waals surface area (Å²) in [4.78, 5) is 13.1. The molecular formula is C18H19FN4O2. The molecule has 6 nitrogen and oxygen atoms in total. The first-order chi connectivity index (χ1) is 11.9. The van der Waals surface area contributed by atoms with E-state index in [0.717, 1.165) is 17.1 Å². The van der Waals surface area contributed by atoms with Crippen LogP contribution in [0.4, 0.5) is 4.39 Å². The van der Waals surface area contributed by atoms with Crippen LogP contribution in [0.3, 0.4) is 0 Å². The summed E-state index contributed by atoms with van der Waals surface area (Å²) in [5, 5.41) is 3.86. The number of hydrogen-bond donors (Lipinski definition) is 0. The van der Waals surface area contributed by atoms with Gasteiger partial charge in [0.2, 0.25) is 11.7 Å². The summed E-state index contributed by atoms with van der Waals surface area (Å²) in [6.07, 6.45) is 0. The highest BCUT2D eigenvalue weighted by Gasteiger charge is 2.14. The van der Waals surface area contributed by atoms with Gasteiger partial charge in [0.25, 0.3) is 5.89 Å². The van der Waals surface area contributed by atoms with Crippen molar-refractivity contribution in [2.45, 2.75) is 40.2 Å². The lowest BCUT2D eigenvalue weighted by molar-refractivity contribution is 0.232. The lowest BCUT2D eigenvalue weighted by Crippen LogP contribution is -2.07. The lowest BCUT2D eigenvalue weighted by Gasteiger charge is -2.11. The molecule has 0 aliphatic rings. The third kappa shape index (κ3) is 3.81. The normalized spacial score (nSPS) is 11.1. The molecular weight excluding hydrogens is 323 g/mol. The number of aryl methyl sites for hydroxylation is 1. The minimum atomic E-state index is -0.353. The van der Waals surface area contributed by atoms with Crippen molar-refractivity contribution in [1.29, 1.82) is 0 Å². The van der Waals surface area contributed by atoms with Crippen LogP contribution in [0.15, 0.2) is 28.8 Å². The van der Waals surface area contributed by atoms with Gasteiger partial charge in [-0.1, -0.05) is 31.1 Å². The van der Waals surface area contributed by atoms with E-state index in [-0.39, 0.29) is 18.3 Å². The molecule has 130 valence electrons. The molecule has 0 aliphatic heterocycles. The maximum atomic E-state index is 13.3. The molecule has 0 bridgehead atoms. The molecule has 3 rings (SSSR count). The van der Waals surface area contributed by atoms with Gasteiger partial charge in [-0.05, 0) is 26.0 Å². The first kappa shape index (κ1) is 17.0. The first-order valence-electron chi connectivity index (χ1n) is 8.00. The Morgan fingerprint density at radius 1 is 1.16 bits per heavy atom. The van der Waals surface area contributed by atoms with Gasteiger partial charge in [-0.2, -0.15) is 9.97 Å². The molecule has 0 fully saturated rings. The molecule has 7 heteroatoms. The smallest absolute Gasteiger partial charge is 0.264 e. The number of benzene rings is 1. The molecule has 25 heavy (non-hydrogen) atoms. The van der Waals surface area contributed by atoms with Crippen molar-refractivity contribution in [1.82, 2.24) is 20.1 Å². The monoisotopic (exact) mass is 342 g/mol. The van der Waals surface area contributed by atoms with Crippen molar-refractivity contribution < 1.29 is 13.7 Å². The first-order valence-corrected chi connectivity index (χ1v) is 8.00. The zero-order valence-corrected chi connectivity index (χ0v) is 14.6. The maximum absolute atomic E-state index is 13.3. The quantitative estimate of drug-likeness (QED) is 0.698. The number of halogens is 1. The second kappa shape index (κ2) is 6.96. The fourth-order valence-electron chi connectivity index (χ4n) is 2.21.